The summed E-state index contributed by atoms with van der Waals surface area (Å²) in [7, 11) is 0. The summed E-state index contributed by atoms with van der Waals surface area (Å²) in [5, 5.41) is 10.6. The lowest BCUT2D eigenvalue weighted by atomic mass is 10.1. The highest BCUT2D eigenvalue weighted by Crippen LogP contribution is 2.31. The monoisotopic (exact) mass is 274 g/mol. The molecule has 0 saturated heterocycles. The van der Waals surface area contributed by atoms with Crippen molar-refractivity contribution in [1.82, 2.24) is 0 Å². The van der Waals surface area contributed by atoms with E-state index in [0.717, 1.165) is 35.9 Å². The summed E-state index contributed by atoms with van der Waals surface area (Å²) in [6, 6.07) is 8.37. The first kappa shape index (κ1) is 14.1. The Kier molecular flexibility index (Phi) is 4.08. The zero-order chi connectivity index (χ0) is 14.7. The van der Waals surface area contributed by atoms with E-state index in [0.29, 0.717) is 0 Å². The van der Waals surface area contributed by atoms with Crippen LogP contribution in [-0.4, -0.2) is 18.0 Å². The third kappa shape index (κ3) is 2.66. The van der Waals surface area contributed by atoms with Crippen molar-refractivity contribution in [1.29, 1.82) is 0 Å². The molecule has 0 aliphatic carbocycles. The molecule has 1 aromatic carbocycles. The lowest BCUT2D eigenvalue weighted by Gasteiger charge is -2.18. The largest absolute Gasteiger partial charge is 0.440 e. The zero-order valence-corrected chi connectivity index (χ0v) is 11.9. The maximum atomic E-state index is 10.6. The van der Waals surface area contributed by atoms with E-state index in [1.54, 1.807) is 12.1 Å². The van der Waals surface area contributed by atoms with Gasteiger partial charge in [0, 0.05) is 36.3 Å². The number of nitrogens with zero attached hydrogens (tertiary/aromatic N) is 2. The van der Waals surface area contributed by atoms with E-state index in [9.17, 15) is 10.1 Å². The molecule has 0 spiro atoms. The fourth-order valence-corrected chi connectivity index (χ4v) is 2.19. The van der Waals surface area contributed by atoms with Crippen LogP contribution in [0.15, 0.2) is 34.7 Å². The van der Waals surface area contributed by atoms with E-state index in [4.69, 9.17) is 4.42 Å². The summed E-state index contributed by atoms with van der Waals surface area (Å²) < 4.78 is 5.90. The molecule has 0 amide bonds. The van der Waals surface area contributed by atoms with Crippen LogP contribution in [0.5, 0.6) is 0 Å². The van der Waals surface area contributed by atoms with Crippen LogP contribution in [0.2, 0.25) is 0 Å². The smallest absolute Gasteiger partial charge is 0.269 e. The van der Waals surface area contributed by atoms with E-state index in [2.05, 4.69) is 18.7 Å². The standard InChI is InChI=1S/C15H18N2O3/c1-4-16(5-2)15-11(3)10-14(20-15)12-6-8-13(9-7-12)17(18)19/h6-10H,4-5H2,1-3H3. The van der Waals surface area contributed by atoms with E-state index in [1.165, 1.54) is 12.1 Å². The molecule has 1 aromatic heterocycles. The maximum Gasteiger partial charge on any atom is 0.269 e. The molecule has 0 bridgehead atoms. The molecule has 20 heavy (non-hydrogen) atoms. The van der Waals surface area contributed by atoms with Gasteiger partial charge < -0.3 is 9.32 Å². The Labute approximate surface area is 118 Å². The number of anilines is 1. The van der Waals surface area contributed by atoms with E-state index >= 15 is 0 Å². The highest BCUT2D eigenvalue weighted by atomic mass is 16.6. The van der Waals surface area contributed by atoms with Crippen LogP contribution in [0.4, 0.5) is 11.6 Å². The SMILES string of the molecule is CCN(CC)c1oc(-c2ccc([N+](=O)[O-])cc2)cc1C. The van der Waals surface area contributed by atoms with Crippen molar-refractivity contribution in [3.63, 3.8) is 0 Å². The fraction of sp³-hybridized carbons (Fsp3) is 0.333. The molecule has 2 aromatic rings. The number of benzene rings is 1. The third-order valence-corrected chi connectivity index (χ3v) is 3.30. The van der Waals surface area contributed by atoms with E-state index in [1.807, 2.05) is 13.0 Å². The molecule has 5 nitrogen and oxygen atoms in total. The lowest BCUT2D eigenvalue weighted by Crippen LogP contribution is -2.21. The summed E-state index contributed by atoms with van der Waals surface area (Å²) >= 11 is 0. The van der Waals surface area contributed by atoms with Crippen molar-refractivity contribution >= 4 is 11.6 Å². The van der Waals surface area contributed by atoms with Crippen molar-refractivity contribution in [2.45, 2.75) is 20.8 Å². The van der Waals surface area contributed by atoms with Gasteiger partial charge in [0.25, 0.3) is 5.69 Å². The second-order valence-electron chi connectivity index (χ2n) is 4.58. The van der Waals surface area contributed by atoms with Gasteiger partial charge in [-0.3, -0.25) is 10.1 Å². The molecular weight excluding hydrogens is 256 g/mol. The number of non-ortho nitro benzene ring substituents is 1. The summed E-state index contributed by atoms with van der Waals surface area (Å²) in [6.45, 7) is 7.93. The topological polar surface area (TPSA) is 59.5 Å². The number of hydrogen-bond acceptors (Lipinski definition) is 4. The normalized spacial score (nSPS) is 10.6. The molecule has 0 atom stereocenters. The van der Waals surface area contributed by atoms with Crippen molar-refractivity contribution in [2.24, 2.45) is 0 Å². The van der Waals surface area contributed by atoms with Gasteiger partial charge in [0.05, 0.1) is 4.92 Å². The van der Waals surface area contributed by atoms with Gasteiger partial charge in [0.2, 0.25) is 0 Å². The summed E-state index contributed by atoms with van der Waals surface area (Å²) in [6.07, 6.45) is 0. The van der Waals surface area contributed by atoms with Crippen molar-refractivity contribution in [3.8, 4) is 11.3 Å². The van der Waals surface area contributed by atoms with Crippen molar-refractivity contribution in [3.05, 3.63) is 46.0 Å². The minimum Gasteiger partial charge on any atom is -0.440 e. The van der Waals surface area contributed by atoms with Gasteiger partial charge in [0.1, 0.15) is 5.76 Å². The number of furan rings is 1. The second-order valence-corrected chi connectivity index (χ2v) is 4.58. The predicted molar refractivity (Wildman–Crippen MR) is 79.1 cm³/mol. The van der Waals surface area contributed by atoms with Crippen LogP contribution >= 0.6 is 0 Å². The average molecular weight is 274 g/mol. The van der Waals surface area contributed by atoms with E-state index in [-0.39, 0.29) is 5.69 Å². The molecule has 2 rings (SSSR count). The van der Waals surface area contributed by atoms with Gasteiger partial charge >= 0.3 is 0 Å². The Morgan fingerprint density at radius 1 is 1.20 bits per heavy atom. The van der Waals surface area contributed by atoms with Crippen LogP contribution in [0.25, 0.3) is 11.3 Å². The van der Waals surface area contributed by atoms with Crippen LogP contribution < -0.4 is 4.90 Å². The predicted octanol–water partition coefficient (Wildman–Crippen LogP) is 4.01. The van der Waals surface area contributed by atoms with Gasteiger partial charge in [-0.25, -0.2) is 0 Å². The van der Waals surface area contributed by atoms with Gasteiger partial charge in [-0.15, -0.1) is 0 Å². The lowest BCUT2D eigenvalue weighted by molar-refractivity contribution is -0.384. The Balaban J connectivity index is 2.34. The number of hydrogen-bond donors (Lipinski definition) is 0. The van der Waals surface area contributed by atoms with Gasteiger partial charge in [-0.1, -0.05) is 0 Å². The van der Waals surface area contributed by atoms with Crippen molar-refractivity contribution in [2.75, 3.05) is 18.0 Å². The molecule has 0 aliphatic rings. The van der Waals surface area contributed by atoms with Crippen LogP contribution in [0.1, 0.15) is 19.4 Å². The maximum absolute atomic E-state index is 10.6. The number of rotatable bonds is 5. The molecule has 0 fully saturated rings. The molecule has 5 heteroatoms. The average Bonchev–Trinajstić information content (AvgIpc) is 2.83. The molecule has 0 radical (unpaired) electrons. The minimum absolute atomic E-state index is 0.0843. The number of nitro benzene ring substituents is 1. The molecule has 0 saturated carbocycles. The van der Waals surface area contributed by atoms with Crippen LogP contribution in [0.3, 0.4) is 0 Å². The first-order valence-corrected chi connectivity index (χ1v) is 6.67. The quantitative estimate of drug-likeness (QED) is 0.610. The fourth-order valence-electron chi connectivity index (χ4n) is 2.19. The third-order valence-electron chi connectivity index (χ3n) is 3.30. The van der Waals surface area contributed by atoms with Gasteiger partial charge in [-0.05, 0) is 39.0 Å². The molecule has 0 aliphatic heterocycles. The number of nitro groups is 1. The summed E-state index contributed by atoms with van der Waals surface area (Å²) in [4.78, 5) is 12.4. The molecule has 0 unspecified atom stereocenters. The van der Waals surface area contributed by atoms with E-state index < -0.39 is 4.92 Å². The highest BCUT2D eigenvalue weighted by molar-refractivity contribution is 5.64. The first-order chi connectivity index (χ1) is 9.56. The summed E-state index contributed by atoms with van der Waals surface area (Å²) in [5.41, 5.74) is 2.00. The molecular formula is C15H18N2O3. The highest BCUT2D eigenvalue weighted by Gasteiger charge is 2.14. The van der Waals surface area contributed by atoms with Crippen molar-refractivity contribution < 1.29 is 9.34 Å². The number of aryl methyl sites for hydroxylation is 1. The molecule has 1 heterocycles. The Hall–Kier alpha value is -2.30. The Morgan fingerprint density at radius 3 is 2.30 bits per heavy atom. The van der Waals surface area contributed by atoms with Gasteiger partial charge in [0.15, 0.2) is 5.88 Å². The second kappa shape index (κ2) is 5.77. The first-order valence-electron chi connectivity index (χ1n) is 6.67. The van der Waals surface area contributed by atoms with Crippen LogP contribution in [-0.2, 0) is 0 Å². The zero-order valence-electron chi connectivity index (χ0n) is 11.9. The van der Waals surface area contributed by atoms with Gasteiger partial charge in [-0.2, -0.15) is 0 Å². The minimum atomic E-state index is -0.404. The molecule has 106 valence electrons. The Morgan fingerprint density at radius 2 is 1.80 bits per heavy atom. The summed E-state index contributed by atoms with van der Waals surface area (Å²) in [5.74, 6) is 1.60. The van der Waals surface area contributed by atoms with Crippen LogP contribution in [0, 0.1) is 17.0 Å². The molecule has 0 N–H and O–H groups in total. The Bertz CT molecular complexity index is 598.